The van der Waals surface area contributed by atoms with Crippen LogP contribution in [0.3, 0.4) is 0 Å². The fourth-order valence-corrected chi connectivity index (χ4v) is 2.06. The third-order valence-corrected chi connectivity index (χ3v) is 2.87. The van der Waals surface area contributed by atoms with Crippen molar-refractivity contribution in [2.24, 2.45) is 0 Å². The molecular formula is C12H9N3O3. The molecule has 0 bridgehead atoms. The van der Waals surface area contributed by atoms with Crippen LogP contribution in [-0.2, 0) is 11.2 Å². The second-order valence-electron chi connectivity index (χ2n) is 4.03. The van der Waals surface area contributed by atoms with Crippen molar-refractivity contribution in [2.75, 3.05) is 5.32 Å². The number of aromatic carboxylic acids is 1. The van der Waals surface area contributed by atoms with Gasteiger partial charge in [0.05, 0.1) is 12.1 Å². The Labute approximate surface area is 102 Å². The molecule has 0 unspecified atom stereocenters. The Balaban J connectivity index is 2.10. The zero-order valence-corrected chi connectivity index (χ0v) is 9.23. The van der Waals surface area contributed by atoms with E-state index in [4.69, 9.17) is 5.11 Å². The maximum absolute atomic E-state index is 11.4. The number of carboxylic acids is 1. The second-order valence-corrected chi connectivity index (χ2v) is 4.03. The number of anilines is 1. The van der Waals surface area contributed by atoms with Gasteiger partial charge >= 0.3 is 5.97 Å². The number of nitrogens with zero attached hydrogens (tertiary/aromatic N) is 1. The summed E-state index contributed by atoms with van der Waals surface area (Å²) in [5.74, 6) is -1.12. The molecule has 1 amide bonds. The number of carbonyl (C=O) groups excluding carboxylic acids is 1. The SMILES string of the molecule is O=C1Cc2c(cccc2-c2cc(C(=O)O)[nH]n2)N1. The molecule has 0 radical (unpaired) electrons. The summed E-state index contributed by atoms with van der Waals surface area (Å²) in [5.41, 5.74) is 2.94. The number of amides is 1. The summed E-state index contributed by atoms with van der Waals surface area (Å²) >= 11 is 0. The maximum Gasteiger partial charge on any atom is 0.353 e. The van der Waals surface area contributed by atoms with E-state index >= 15 is 0 Å². The van der Waals surface area contributed by atoms with Gasteiger partial charge in [-0.3, -0.25) is 9.89 Å². The summed E-state index contributed by atoms with van der Waals surface area (Å²) in [6.45, 7) is 0. The van der Waals surface area contributed by atoms with Gasteiger partial charge in [-0.2, -0.15) is 5.10 Å². The topological polar surface area (TPSA) is 95.1 Å². The van der Waals surface area contributed by atoms with Crippen LogP contribution in [0.4, 0.5) is 5.69 Å². The van der Waals surface area contributed by atoms with Crippen LogP contribution in [0.2, 0.25) is 0 Å². The maximum atomic E-state index is 11.4. The number of nitrogens with one attached hydrogen (secondary N) is 2. The van der Waals surface area contributed by atoms with Crippen LogP contribution in [0, 0.1) is 0 Å². The molecule has 18 heavy (non-hydrogen) atoms. The van der Waals surface area contributed by atoms with Crippen molar-refractivity contribution < 1.29 is 14.7 Å². The normalized spacial score (nSPS) is 13.2. The number of carboxylic acid groups (broad SMARTS) is 1. The highest BCUT2D eigenvalue weighted by Crippen LogP contribution is 2.32. The van der Waals surface area contributed by atoms with E-state index < -0.39 is 5.97 Å². The lowest BCUT2D eigenvalue weighted by Crippen LogP contribution is -2.03. The predicted octanol–water partition coefficient (Wildman–Crippen LogP) is 1.27. The molecule has 2 heterocycles. The van der Waals surface area contributed by atoms with E-state index in [1.54, 1.807) is 6.07 Å². The zero-order chi connectivity index (χ0) is 12.7. The number of aromatic nitrogens is 2. The first-order chi connectivity index (χ1) is 8.65. The van der Waals surface area contributed by atoms with E-state index in [1.807, 2.05) is 12.1 Å². The first-order valence-electron chi connectivity index (χ1n) is 5.36. The van der Waals surface area contributed by atoms with Gasteiger partial charge in [-0.1, -0.05) is 12.1 Å². The average molecular weight is 243 g/mol. The number of rotatable bonds is 2. The fraction of sp³-hybridized carbons (Fsp3) is 0.0833. The molecular weight excluding hydrogens is 234 g/mol. The summed E-state index contributed by atoms with van der Waals surface area (Å²) in [5, 5.41) is 18.0. The standard InChI is InChI=1S/C12H9N3O3/c16-11-4-7-6(2-1-3-8(7)13-11)9-5-10(12(17)18)15-14-9/h1-3,5H,4H2,(H,13,16)(H,14,15)(H,17,18). The number of aromatic amines is 1. The van der Waals surface area contributed by atoms with Gasteiger partial charge in [0, 0.05) is 11.3 Å². The van der Waals surface area contributed by atoms with Crippen LogP contribution < -0.4 is 5.32 Å². The first-order valence-corrected chi connectivity index (χ1v) is 5.36. The molecule has 1 aromatic carbocycles. The number of carbonyl (C=O) groups is 2. The third-order valence-electron chi connectivity index (χ3n) is 2.87. The Kier molecular flexibility index (Phi) is 2.16. The van der Waals surface area contributed by atoms with Crippen LogP contribution >= 0.6 is 0 Å². The highest BCUT2D eigenvalue weighted by Gasteiger charge is 2.22. The summed E-state index contributed by atoms with van der Waals surface area (Å²) in [7, 11) is 0. The third kappa shape index (κ3) is 1.55. The average Bonchev–Trinajstić information content (AvgIpc) is 2.92. The van der Waals surface area contributed by atoms with E-state index in [1.165, 1.54) is 6.07 Å². The van der Waals surface area contributed by atoms with Crippen LogP contribution in [-0.4, -0.2) is 27.2 Å². The molecule has 0 spiro atoms. The van der Waals surface area contributed by atoms with Gasteiger partial charge in [0.15, 0.2) is 0 Å². The lowest BCUT2D eigenvalue weighted by Gasteiger charge is -2.03. The lowest BCUT2D eigenvalue weighted by molar-refractivity contribution is -0.115. The Morgan fingerprint density at radius 1 is 1.39 bits per heavy atom. The largest absolute Gasteiger partial charge is 0.477 e. The molecule has 6 heteroatoms. The van der Waals surface area contributed by atoms with E-state index in [0.29, 0.717) is 12.1 Å². The highest BCUT2D eigenvalue weighted by atomic mass is 16.4. The Morgan fingerprint density at radius 2 is 2.22 bits per heavy atom. The van der Waals surface area contributed by atoms with Crippen LogP contribution in [0.25, 0.3) is 11.3 Å². The number of fused-ring (bicyclic) bond motifs is 1. The van der Waals surface area contributed by atoms with E-state index in [9.17, 15) is 9.59 Å². The molecule has 0 saturated heterocycles. The van der Waals surface area contributed by atoms with Gasteiger partial charge in [-0.05, 0) is 17.7 Å². The van der Waals surface area contributed by atoms with Crippen molar-refractivity contribution in [3.63, 3.8) is 0 Å². The van der Waals surface area contributed by atoms with Crippen LogP contribution in [0.1, 0.15) is 16.1 Å². The molecule has 3 N–H and O–H groups in total. The molecule has 2 aromatic rings. The molecule has 0 atom stereocenters. The van der Waals surface area contributed by atoms with E-state index in [2.05, 4.69) is 15.5 Å². The Bertz CT molecular complexity index is 660. The highest BCUT2D eigenvalue weighted by molar-refractivity contribution is 6.01. The van der Waals surface area contributed by atoms with Crippen molar-refractivity contribution in [3.8, 4) is 11.3 Å². The minimum absolute atomic E-state index is 0.0277. The number of H-pyrrole nitrogens is 1. The van der Waals surface area contributed by atoms with Crippen molar-refractivity contribution >= 4 is 17.6 Å². The molecule has 90 valence electrons. The van der Waals surface area contributed by atoms with Gasteiger partial charge in [0.1, 0.15) is 5.69 Å². The van der Waals surface area contributed by atoms with Crippen molar-refractivity contribution in [2.45, 2.75) is 6.42 Å². The summed E-state index contributed by atoms with van der Waals surface area (Å²) in [6, 6.07) is 6.89. The molecule has 1 aliphatic heterocycles. The van der Waals surface area contributed by atoms with Crippen molar-refractivity contribution in [1.29, 1.82) is 0 Å². The summed E-state index contributed by atoms with van der Waals surface area (Å²) in [4.78, 5) is 22.2. The fourth-order valence-electron chi connectivity index (χ4n) is 2.06. The molecule has 0 saturated carbocycles. The quantitative estimate of drug-likeness (QED) is 0.740. The van der Waals surface area contributed by atoms with Crippen molar-refractivity contribution in [3.05, 3.63) is 35.5 Å². The van der Waals surface area contributed by atoms with Gasteiger partial charge in [0.25, 0.3) is 0 Å². The van der Waals surface area contributed by atoms with E-state index in [0.717, 1.165) is 16.8 Å². The second kappa shape index (κ2) is 3.69. The summed E-state index contributed by atoms with van der Waals surface area (Å²) < 4.78 is 0. The number of hydrogen-bond acceptors (Lipinski definition) is 3. The minimum atomic E-state index is -1.06. The summed E-state index contributed by atoms with van der Waals surface area (Å²) in [6.07, 6.45) is 0.292. The Hall–Kier alpha value is -2.63. The zero-order valence-electron chi connectivity index (χ0n) is 9.23. The van der Waals surface area contributed by atoms with Gasteiger partial charge < -0.3 is 10.4 Å². The smallest absolute Gasteiger partial charge is 0.353 e. The minimum Gasteiger partial charge on any atom is -0.477 e. The molecule has 0 aliphatic carbocycles. The molecule has 3 rings (SSSR count). The molecule has 0 fully saturated rings. The first kappa shape index (κ1) is 10.5. The Morgan fingerprint density at radius 3 is 2.94 bits per heavy atom. The number of hydrogen-bond donors (Lipinski definition) is 3. The molecule has 1 aliphatic rings. The van der Waals surface area contributed by atoms with Gasteiger partial charge in [0.2, 0.25) is 5.91 Å². The lowest BCUT2D eigenvalue weighted by atomic mass is 10.0. The van der Waals surface area contributed by atoms with Crippen molar-refractivity contribution in [1.82, 2.24) is 10.2 Å². The van der Waals surface area contributed by atoms with Gasteiger partial charge in [-0.15, -0.1) is 0 Å². The molecule has 6 nitrogen and oxygen atoms in total. The van der Waals surface area contributed by atoms with Gasteiger partial charge in [-0.25, -0.2) is 4.79 Å². The molecule has 1 aromatic heterocycles. The number of benzene rings is 1. The monoisotopic (exact) mass is 243 g/mol. The van der Waals surface area contributed by atoms with Crippen LogP contribution in [0.5, 0.6) is 0 Å². The van der Waals surface area contributed by atoms with E-state index in [-0.39, 0.29) is 11.6 Å². The van der Waals surface area contributed by atoms with Crippen LogP contribution in [0.15, 0.2) is 24.3 Å². The predicted molar refractivity (Wildman–Crippen MR) is 63.3 cm³/mol.